The fraction of sp³-hybridized carbons (Fsp3) is 0.400. The molecule has 0 saturated carbocycles. The molecule has 0 N–H and O–H groups in total. The molecule has 0 radical (unpaired) electrons. The van der Waals surface area contributed by atoms with Gasteiger partial charge >= 0.3 is 0 Å². The predicted molar refractivity (Wildman–Crippen MR) is 99.7 cm³/mol. The minimum absolute atomic E-state index is 0.144. The fourth-order valence-corrected chi connectivity index (χ4v) is 5.21. The first-order valence-electron chi connectivity index (χ1n) is 8.67. The Kier molecular flexibility index (Phi) is 5.46. The molecule has 140 valence electrons. The van der Waals surface area contributed by atoms with Crippen LogP contribution in [0.1, 0.15) is 25.0 Å². The molecule has 3 rings (SSSR count). The van der Waals surface area contributed by atoms with Crippen molar-refractivity contribution in [1.29, 1.82) is 0 Å². The molecule has 1 fully saturated rings. The molecule has 0 aliphatic carbocycles. The molecule has 2 aromatic rings. The van der Waals surface area contributed by atoms with Crippen molar-refractivity contribution in [2.45, 2.75) is 37.7 Å². The van der Waals surface area contributed by atoms with Crippen molar-refractivity contribution >= 4 is 10.0 Å². The smallest absolute Gasteiger partial charge is 0.218 e. The summed E-state index contributed by atoms with van der Waals surface area (Å²) in [5.41, 5.74) is 1.08. The molecule has 0 amide bonds. The molecule has 2 aromatic carbocycles. The van der Waals surface area contributed by atoms with Crippen LogP contribution in [-0.4, -0.2) is 37.5 Å². The molecular weight excluding hydrogens is 353 g/mol. The summed E-state index contributed by atoms with van der Waals surface area (Å²) in [4.78, 5) is 0. The molecule has 1 aliphatic rings. The lowest BCUT2D eigenvalue weighted by atomic mass is 10.0. The molecule has 0 spiro atoms. The van der Waals surface area contributed by atoms with Gasteiger partial charge in [0.1, 0.15) is 5.82 Å². The highest BCUT2D eigenvalue weighted by Gasteiger charge is 2.42. The van der Waals surface area contributed by atoms with Gasteiger partial charge in [0.2, 0.25) is 10.0 Å². The number of rotatable bonds is 5. The van der Waals surface area contributed by atoms with Crippen LogP contribution < -0.4 is 0 Å². The molecule has 1 heterocycles. The fourth-order valence-electron chi connectivity index (χ4n) is 3.24. The van der Waals surface area contributed by atoms with E-state index < -0.39 is 15.6 Å². The molecule has 1 unspecified atom stereocenters. The van der Waals surface area contributed by atoms with Crippen LogP contribution in [0, 0.1) is 5.82 Å². The number of benzene rings is 2. The number of halogens is 1. The van der Waals surface area contributed by atoms with Crippen molar-refractivity contribution in [2.75, 3.05) is 13.2 Å². The van der Waals surface area contributed by atoms with E-state index in [1.807, 2.05) is 44.2 Å². The largest absolute Gasteiger partial charge is 0.375 e. The van der Waals surface area contributed by atoms with E-state index >= 15 is 0 Å². The van der Waals surface area contributed by atoms with Crippen molar-refractivity contribution in [3.8, 4) is 0 Å². The summed E-state index contributed by atoms with van der Waals surface area (Å²) in [5.74, 6) is -0.518. The number of ether oxygens (including phenoxy) is 1. The normalized spacial score (nSPS) is 20.8. The summed E-state index contributed by atoms with van der Waals surface area (Å²) in [5, 5.41) is 0. The molecule has 0 aromatic heterocycles. The van der Waals surface area contributed by atoms with E-state index in [2.05, 4.69) is 0 Å². The first-order chi connectivity index (χ1) is 12.3. The minimum atomic E-state index is -3.55. The molecule has 1 saturated heterocycles. The van der Waals surface area contributed by atoms with Gasteiger partial charge in [-0.1, -0.05) is 42.5 Å². The van der Waals surface area contributed by atoms with Gasteiger partial charge < -0.3 is 4.74 Å². The quantitative estimate of drug-likeness (QED) is 0.803. The van der Waals surface area contributed by atoms with Crippen molar-refractivity contribution in [1.82, 2.24) is 4.31 Å². The summed E-state index contributed by atoms with van der Waals surface area (Å²) in [6, 6.07) is 15.5. The number of hydrogen-bond donors (Lipinski definition) is 0. The molecule has 1 aliphatic heterocycles. The van der Waals surface area contributed by atoms with E-state index in [1.54, 1.807) is 4.31 Å². The van der Waals surface area contributed by atoms with E-state index in [0.717, 1.165) is 5.56 Å². The Hall–Kier alpha value is -1.76. The van der Waals surface area contributed by atoms with E-state index in [4.69, 9.17) is 4.74 Å². The molecular formula is C20H24FNO3S. The molecule has 0 bridgehead atoms. The van der Waals surface area contributed by atoms with Crippen molar-refractivity contribution in [2.24, 2.45) is 0 Å². The Morgan fingerprint density at radius 2 is 1.73 bits per heavy atom. The Morgan fingerprint density at radius 1 is 1.08 bits per heavy atom. The van der Waals surface area contributed by atoms with E-state index in [1.165, 1.54) is 24.3 Å². The highest BCUT2D eigenvalue weighted by molar-refractivity contribution is 7.88. The predicted octanol–water partition coefficient (Wildman–Crippen LogP) is 3.38. The van der Waals surface area contributed by atoms with Gasteiger partial charge in [0.25, 0.3) is 0 Å². The number of sulfonamides is 1. The highest BCUT2D eigenvalue weighted by Crippen LogP contribution is 2.28. The zero-order valence-electron chi connectivity index (χ0n) is 15.1. The van der Waals surface area contributed by atoms with Crippen LogP contribution in [0.2, 0.25) is 0 Å². The van der Waals surface area contributed by atoms with Crippen LogP contribution in [0.3, 0.4) is 0 Å². The zero-order chi connectivity index (χ0) is 18.8. The second-order valence-corrected chi connectivity index (χ2v) is 9.24. The van der Waals surface area contributed by atoms with Crippen LogP contribution in [0.5, 0.6) is 0 Å². The maximum Gasteiger partial charge on any atom is 0.218 e. The first kappa shape index (κ1) is 19.0. The van der Waals surface area contributed by atoms with Crippen LogP contribution in [-0.2, 0) is 26.9 Å². The number of morpholine rings is 1. The third kappa shape index (κ3) is 4.50. The first-order valence-corrected chi connectivity index (χ1v) is 10.3. The summed E-state index contributed by atoms with van der Waals surface area (Å²) < 4.78 is 46.6. The van der Waals surface area contributed by atoms with Gasteiger partial charge in [0.05, 0.1) is 24.0 Å². The lowest BCUT2D eigenvalue weighted by Crippen LogP contribution is -2.58. The average molecular weight is 377 g/mol. The average Bonchev–Trinajstić information content (AvgIpc) is 2.59. The Morgan fingerprint density at radius 3 is 2.38 bits per heavy atom. The molecule has 6 heteroatoms. The third-order valence-electron chi connectivity index (χ3n) is 4.62. The van der Waals surface area contributed by atoms with Gasteiger partial charge in [-0.25, -0.2) is 12.8 Å². The summed E-state index contributed by atoms with van der Waals surface area (Å²) in [6.07, 6.45) is 0.480. The van der Waals surface area contributed by atoms with Crippen LogP contribution in [0.25, 0.3) is 0 Å². The van der Waals surface area contributed by atoms with Crippen molar-refractivity contribution in [3.63, 3.8) is 0 Å². The van der Waals surface area contributed by atoms with E-state index in [0.29, 0.717) is 25.1 Å². The standard InChI is InChI=1S/C20H24FNO3S/c1-20(2)15-25-19(12-16-6-4-3-5-7-16)13-22(20)26(23,24)14-17-8-10-18(21)11-9-17/h3-11,19H,12-15H2,1-2H3. The van der Waals surface area contributed by atoms with E-state index in [-0.39, 0.29) is 17.7 Å². The maximum atomic E-state index is 13.1. The van der Waals surface area contributed by atoms with Crippen LogP contribution in [0.4, 0.5) is 4.39 Å². The molecule has 4 nitrogen and oxygen atoms in total. The van der Waals surface area contributed by atoms with Crippen LogP contribution in [0.15, 0.2) is 54.6 Å². The lowest BCUT2D eigenvalue weighted by molar-refractivity contribution is -0.0629. The monoisotopic (exact) mass is 377 g/mol. The summed E-state index contributed by atoms with van der Waals surface area (Å²) >= 11 is 0. The number of hydrogen-bond acceptors (Lipinski definition) is 3. The second-order valence-electron chi connectivity index (χ2n) is 7.35. The van der Waals surface area contributed by atoms with Crippen LogP contribution >= 0.6 is 0 Å². The van der Waals surface area contributed by atoms with E-state index in [9.17, 15) is 12.8 Å². The Labute approximate surface area is 154 Å². The topological polar surface area (TPSA) is 46.6 Å². The maximum absolute atomic E-state index is 13.1. The second kappa shape index (κ2) is 7.47. The van der Waals surface area contributed by atoms with Crippen molar-refractivity contribution < 1.29 is 17.5 Å². The van der Waals surface area contributed by atoms with Gasteiger partial charge in [-0.2, -0.15) is 4.31 Å². The minimum Gasteiger partial charge on any atom is -0.375 e. The van der Waals surface area contributed by atoms with Gasteiger partial charge in [-0.15, -0.1) is 0 Å². The summed E-state index contributed by atoms with van der Waals surface area (Å²) in [7, 11) is -3.55. The van der Waals surface area contributed by atoms with Gasteiger partial charge in [-0.05, 0) is 43.5 Å². The third-order valence-corrected chi connectivity index (χ3v) is 6.63. The Balaban J connectivity index is 1.77. The van der Waals surface area contributed by atoms with Gasteiger partial charge in [0.15, 0.2) is 0 Å². The van der Waals surface area contributed by atoms with Gasteiger partial charge in [-0.3, -0.25) is 0 Å². The number of nitrogens with zero attached hydrogens (tertiary/aromatic N) is 1. The highest BCUT2D eigenvalue weighted by atomic mass is 32.2. The molecule has 26 heavy (non-hydrogen) atoms. The molecule has 1 atom stereocenters. The lowest BCUT2D eigenvalue weighted by Gasteiger charge is -2.44. The van der Waals surface area contributed by atoms with Gasteiger partial charge in [0, 0.05) is 6.54 Å². The summed E-state index contributed by atoms with van der Waals surface area (Å²) in [6.45, 7) is 4.39. The van der Waals surface area contributed by atoms with Crippen molar-refractivity contribution in [3.05, 3.63) is 71.5 Å². The SMILES string of the molecule is CC1(C)COC(Cc2ccccc2)CN1S(=O)(=O)Cc1ccc(F)cc1. The zero-order valence-corrected chi connectivity index (χ0v) is 15.9. The Bertz CT molecular complexity index is 835.